The summed E-state index contributed by atoms with van der Waals surface area (Å²) in [6.45, 7) is -0.491. The van der Waals surface area contributed by atoms with Crippen LogP contribution >= 0.6 is 0 Å². The first kappa shape index (κ1) is 7.40. The van der Waals surface area contributed by atoms with E-state index in [1.807, 2.05) is 0 Å². The van der Waals surface area contributed by atoms with Gasteiger partial charge in [0.2, 0.25) is 0 Å². The van der Waals surface area contributed by atoms with Gasteiger partial charge in [0.15, 0.2) is 0 Å². The van der Waals surface area contributed by atoms with Crippen LogP contribution in [0.3, 0.4) is 0 Å². The highest BCUT2D eigenvalue weighted by Gasteiger charge is 2.75. The van der Waals surface area contributed by atoms with Gasteiger partial charge in [-0.3, -0.25) is 4.79 Å². The molecule has 1 aliphatic carbocycles. The van der Waals surface area contributed by atoms with Crippen LogP contribution in [-0.4, -0.2) is 23.5 Å². The van der Waals surface area contributed by atoms with Crippen LogP contribution in [0.2, 0.25) is 0 Å². The zero-order chi connectivity index (χ0) is 7.99. The largest absolute Gasteiger partial charge is 0.481 e. The lowest BCUT2D eigenvalue weighted by Gasteiger charge is -2.05. The molecule has 1 atom stereocenters. The fraction of sp³-hybridized carbons (Fsp3) is 0.800. The Morgan fingerprint density at radius 1 is 1.70 bits per heavy atom. The molecule has 0 heterocycles. The summed E-state index contributed by atoms with van der Waals surface area (Å²) in [7, 11) is 0. The fourth-order valence-electron chi connectivity index (χ4n) is 0.876. The molecule has 0 radical (unpaired) electrons. The zero-order valence-electron chi connectivity index (χ0n) is 5.10. The summed E-state index contributed by atoms with van der Waals surface area (Å²) >= 11 is 0. The predicted molar refractivity (Wildman–Crippen MR) is 28.7 cm³/mol. The maximum absolute atomic E-state index is 12.2. The van der Waals surface area contributed by atoms with Crippen molar-refractivity contribution in [3.05, 3.63) is 0 Å². The minimum absolute atomic E-state index is 0.491. The van der Waals surface area contributed by atoms with Crippen molar-refractivity contribution >= 4 is 5.97 Å². The van der Waals surface area contributed by atoms with E-state index in [0.717, 1.165) is 0 Å². The van der Waals surface area contributed by atoms with E-state index < -0.39 is 30.3 Å². The molecule has 3 nitrogen and oxygen atoms in total. The molecule has 1 saturated carbocycles. The van der Waals surface area contributed by atoms with Crippen molar-refractivity contribution in [2.24, 2.45) is 11.1 Å². The van der Waals surface area contributed by atoms with E-state index in [0.29, 0.717) is 0 Å². The second-order valence-electron chi connectivity index (χ2n) is 2.47. The molecular weight excluding hydrogens is 144 g/mol. The van der Waals surface area contributed by atoms with Crippen LogP contribution < -0.4 is 5.73 Å². The molecule has 1 rings (SSSR count). The highest BCUT2D eigenvalue weighted by molar-refractivity contribution is 5.80. The average molecular weight is 151 g/mol. The van der Waals surface area contributed by atoms with E-state index in [1.165, 1.54) is 0 Å². The molecule has 1 unspecified atom stereocenters. The molecule has 0 spiro atoms. The summed E-state index contributed by atoms with van der Waals surface area (Å²) in [5.74, 6) is -4.59. The first-order chi connectivity index (χ1) is 4.46. The van der Waals surface area contributed by atoms with Crippen LogP contribution in [-0.2, 0) is 4.79 Å². The van der Waals surface area contributed by atoms with Crippen molar-refractivity contribution < 1.29 is 18.7 Å². The normalized spacial score (nSPS) is 35.5. The molecular formula is C5H7F2NO2. The molecule has 5 heteroatoms. The number of rotatable bonds is 2. The lowest BCUT2D eigenvalue weighted by molar-refractivity contribution is -0.146. The molecule has 1 aliphatic rings. The Morgan fingerprint density at radius 2 is 2.10 bits per heavy atom. The number of carbonyl (C=O) groups is 1. The van der Waals surface area contributed by atoms with Gasteiger partial charge in [0.25, 0.3) is 5.92 Å². The van der Waals surface area contributed by atoms with Gasteiger partial charge in [0, 0.05) is 13.0 Å². The number of alkyl halides is 2. The Kier molecular flexibility index (Phi) is 1.23. The Balaban J connectivity index is 2.78. The van der Waals surface area contributed by atoms with Crippen LogP contribution in [0.1, 0.15) is 6.42 Å². The van der Waals surface area contributed by atoms with E-state index in [-0.39, 0.29) is 0 Å². The first-order valence-electron chi connectivity index (χ1n) is 2.77. The molecule has 3 N–H and O–H groups in total. The van der Waals surface area contributed by atoms with Crippen molar-refractivity contribution in [1.82, 2.24) is 0 Å². The minimum Gasteiger partial charge on any atom is -0.481 e. The summed E-state index contributed by atoms with van der Waals surface area (Å²) in [4.78, 5) is 10.2. The molecule has 0 amide bonds. The van der Waals surface area contributed by atoms with Crippen LogP contribution in [0.25, 0.3) is 0 Å². The van der Waals surface area contributed by atoms with Crippen molar-refractivity contribution in [2.75, 3.05) is 6.54 Å². The Labute approximate surface area is 55.8 Å². The van der Waals surface area contributed by atoms with Gasteiger partial charge in [-0.2, -0.15) is 0 Å². The molecule has 0 saturated heterocycles. The lowest BCUT2D eigenvalue weighted by atomic mass is 10.1. The number of carboxylic acid groups (broad SMARTS) is 1. The third-order valence-corrected chi connectivity index (χ3v) is 1.86. The van der Waals surface area contributed by atoms with E-state index in [1.54, 1.807) is 0 Å². The van der Waals surface area contributed by atoms with Crippen molar-refractivity contribution in [1.29, 1.82) is 0 Å². The monoisotopic (exact) mass is 151 g/mol. The number of hydrogen-bond acceptors (Lipinski definition) is 2. The number of nitrogens with two attached hydrogens (primary N) is 1. The van der Waals surface area contributed by atoms with E-state index in [2.05, 4.69) is 0 Å². The SMILES string of the molecule is NCC1(C(=O)O)CC1(F)F. The molecule has 0 aromatic heterocycles. The molecule has 58 valence electrons. The third kappa shape index (κ3) is 0.636. The Bertz CT molecular complexity index is 182. The highest BCUT2D eigenvalue weighted by Crippen LogP contribution is 2.59. The van der Waals surface area contributed by atoms with Gasteiger partial charge in [-0.05, 0) is 0 Å². The quantitative estimate of drug-likeness (QED) is 0.586. The molecule has 10 heavy (non-hydrogen) atoms. The van der Waals surface area contributed by atoms with Crippen LogP contribution in [0.4, 0.5) is 8.78 Å². The summed E-state index contributed by atoms with van der Waals surface area (Å²) in [6.07, 6.45) is -0.619. The summed E-state index contributed by atoms with van der Waals surface area (Å²) < 4.78 is 24.5. The summed E-state index contributed by atoms with van der Waals surface area (Å²) in [5.41, 5.74) is 2.93. The predicted octanol–water partition coefficient (Wildman–Crippen LogP) is 0.0551. The van der Waals surface area contributed by atoms with Crippen LogP contribution in [0, 0.1) is 5.41 Å². The van der Waals surface area contributed by atoms with Gasteiger partial charge in [0.05, 0.1) is 0 Å². The van der Waals surface area contributed by atoms with Gasteiger partial charge in [-0.15, -0.1) is 0 Å². The highest BCUT2D eigenvalue weighted by atomic mass is 19.3. The third-order valence-electron chi connectivity index (χ3n) is 1.86. The standard InChI is InChI=1S/C5H7F2NO2/c6-5(7)1-4(5,2-8)3(9)10/h1-2,8H2,(H,9,10). The number of aliphatic carboxylic acids is 1. The van der Waals surface area contributed by atoms with E-state index in [9.17, 15) is 13.6 Å². The van der Waals surface area contributed by atoms with Gasteiger partial charge in [-0.1, -0.05) is 0 Å². The Morgan fingerprint density at radius 3 is 2.10 bits per heavy atom. The maximum Gasteiger partial charge on any atom is 0.317 e. The molecule has 0 bridgehead atoms. The Hall–Kier alpha value is -0.710. The topological polar surface area (TPSA) is 63.3 Å². The number of hydrogen-bond donors (Lipinski definition) is 2. The van der Waals surface area contributed by atoms with Crippen molar-refractivity contribution in [3.63, 3.8) is 0 Å². The molecule has 0 aliphatic heterocycles. The van der Waals surface area contributed by atoms with Crippen LogP contribution in [0.15, 0.2) is 0 Å². The first-order valence-corrected chi connectivity index (χ1v) is 2.77. The van der Waals surface area contributed by atoms with Gasteiger partial charge in [-0.25, -0.2) is 8.78 Å². The van der Waals surface area contributed by atoms with E-state index >= 15 is 0 Å². The van der Waals surface area contributed by atoms with Gasteiger partial charge in [0.1, 0.15) is 5.41 Å². The molecule has 0 aromatic carbocycles. The average Bonchev–Trinajstić information content (AvgIpc) is 2.35. The van der Waals surface area contributed by atoms with Gasteiger partial charge < -0.3 is 10.8 Å². The number of carboxylic acids is 1. The smallest absolute Gasteiger partial charge is 0.317 e. The molecule has 1 fully saturated rings. The summed E-state index contributed by atoms with van der Waals surface area (Å²) in [5, 5.41) is 8.28. The maximum atomic E-state index is 12.2. The summed E-state index contributed by atoms with van der Waals surface area (Å²) in [6, 6.07) is 0. The second kappa shape index (κ2) is 1.66. The lowest BCUT2D eigenvalue weighted by Crippen LogP contribution is -2.30. The van der Waals surface area contributed by atoms with Crippen LogP contribution in [0.5, 0.6) is 0 Å². The fourth-order valence-corrected chi connectivity index (χ4v) is 0.876. The molecule has 0 aromatic rings. The van der Waals surface area contributed by atoms with E-state index in [4.69, 9.17) is 10.8 Å². The van der Waals surface area contributed by atoms with Crippen molar-refractivity contribution in [3.8, 4) is 0 Å². The van der Waals surface area contributed by atoms with Gasteiger partial charge >= 0.3 is 5.97 Å². The zero-order valence-corrected chi connectivity index (χ0v) is 5.10. The number of halogens is 2. The second-order valence-corrected chi connectivity index (χ2v) is 2.47. The van der Waals surface area contributed by atoms with Crippen molar-refractivity contribution in [2.45, 2.75) is 12.3 Å². The minimum atomic E-state index is -3.09.